The predicted molar refractivity (Wildman–Crippen MR) is 185 cm³/mol. The van der Waals surface area contributed by atoms with Crippen molar-refractivity contribution in [3.05, 3.63) is 157 Å². The summed E-state index contributed by atoms with van der Waals surface area (Å²) in [6.45, 7) is 4.79. The lowest BCUT2D eigenvalue weighted by Gasteiger charge is -2.24. The number of fused-ring (bicyclic) bond motifs is 8. The van der Waals surface area contributed by atoms with E-state index in [-0.39, 0.29) is 5.41 Å². The van der Waals surface area contributed by atoms with Crippen LogP contribution in [0, 0.1) is 0 Å². The van der Waals surface area contributed by atoms with Crippen LogP contribution in [0.2, 0.25) is 0 Å². The second-order valence-electron chi connectivity index (χ2n) is 12.5. The maximum Gasteiger partial charge on any atom is 0.0165 e. The lowest BCUT2D eigenvalue weighted by atomic mass is 9.79. The average molecular weight is 547 g/mol. The molecule has 0 saturated carbocycles. The van der Waals surface area contributed by atoms with Gasteiger partial charge >= 0.3 is 0 Å². The zero-order valence-electron chi connectivity index (χ0n) is 24.4. The average Bonchev–Trinajstić information content (AvgIpc) is 3.29. The summed E-state index contributed by atoms with van der Waals surface area (Å²) in [5.74, 6) is 0. The van der Waals surface area contributed by atoms with Gasteiger partial charge in [-0.2, -0.15) is 0 Å². The van der Waals surface area contributed by atoms with Crippen LogP contribution in [0.1, 0.15) is 25.0 Å². The van der Waals surface area contributed by atoms with E-state index in [1.807, 2.05) is 0 Å². The van der Waals surface area contributed by atoms with E-state index < -0.39 is 0 Å². The first-order valence-corrected chi connectivity index (χ1v) is 15.2. The van der Waals surface area contributed by atoms with Crippen LogP contribution in [0.25, 0.3) is 76.5 Å². The van der Waals surface area contributed by atoms with Gasteiger partial charge < -0.3 is 0 Å². The highest BCUT2D eigenvalue weighted by atomic mass is 14.4. The molecule has 0 fully saturated rings. The summed E-state index contributed by atoms with van der Waals surface area (Å²) in [6.07, 6.45) is 0. The van der Waals surface area contributed by atoms with Crippen LogP contribution in [0.4, 0.5) is 0 Å². The molecule has 0 saturated heterocycles. The monoisotopic (exact) mass is 546 g/mol. The van der Waals surface area contributed by atoms with Crippen molar-refractivity contribution in [1.82, 2.24) is 0 Å². The summed E-state index contributed by atoms with van der Waals surface area (Å²) >= 11 is 0. The van der Waals surface area contributed by atoms with Crippen LogP contribution < -0.4 is 0 Å². The molecule has 0 aromatic heterocycles. The normalized spacial score (nSPS) is 13.5. The van der Waals surface area contributed by atoms with Gasteiger partial charge in [-0.1, -0.05) is 147 Å². The van der Waals surface area contributed by atoms with Crippen LogP contribution in [-0.2, 0) is 5.41 Å². The molecule has 0 nitrogen and oxygen atoms in total. The van der Waals surface area contributed by atoms with Crippen molar-refractivity contribution < 1.29 is 0 Å². The second-order valence-corrected chi connectivity index (χ2v) is 12.5. The van der Waals surface area contributed by atoms with Crippen LogP contribution in [-0.4, -0.2) is 0 Å². The molecule has 0 heteroatoms. The SMILES string of the molecule is CC1(C)c2cc(-c3c4ccccc4c(-c4ccc5ccccc5c4)c4ccccc34)ccc2-c2ccc3ccccc3c21. The minimum absolute atomic E-state index is 0.0990. The van der Waals surface area contributed by atoms with E-state index in [1.165, 1.54) is 87.6 Å². The van der Waals surface area contributed by atoms with Gasteiger partial charge in [0.2, 0.25) is 0 Å². The van der Waals surface area contributed by atoms with Crippen LogP contribution >= 0.6 is 0 Å². The minimum Gasteiger partial charge on any atom is -0.0616 e. The molecular weight excluding hydrogens is 516 g/mol. The third-order valence-corrected chi connectivity index (χ3v) is 9.80. The number of hydrogen-bond donors (Lipinski definition) is 0. The maximum atomic E-state index is 2.48. The van der Waals surface area contributed by atoms with Crippen molar-refractivity contribution in [3.63, 3.8) is 0 Å². The quantitative estimate of drug-likeness (QED) is 0.189. The molecular formula is C43H30. The summed E-state index contributed by atoms with van der Waals surface area (Å²) in [5.41, 5.74) is 10.6. The van der Waals surface area contributed by atoms with Gasteiger partial charge in [0.15, 0.2) is 0 Å². The third kappa shape index (κ3) is 3.44. The first kappa shape index (κ1) is 24.4. The van der Waals surface area contributed by atoms with Crippen LogP contribution in [0.15, 0.2) is 146 Å². The molecule has 0 amide bonds. The van der Waals surface area contributed by atoms with E-state index in [2.05, 4.69) is 159 Å². The molecule has 0 atom stereocenters. The Labute approximate surface area is 251 Å². The van der Waals surface area contributed by atoms with Crippen LogP contribution in [0.3, 0.4) is 0 Å². The van der Waals surface area contributed by atoms with Crippen LogP contribution in [0.5, 0.6) is 0 Å². The molecule has 43 heavy (non-hydrogen) atoms. The molecule has 0 bridgehead atoms. The molecule has 0 heterocycles. The Morgan fingerprint density at radius 3 is 1.49 bits per heavy atom. The Kier molecular flexibility index (Phi) is 5.05. The number of benzene rings is 8. The summed E-state index contributed by atoms with van der Waals surface area (Å²) < 4.78 is 0. The molecule has 8 aromatic rings. The van der Waals surface area contributed by atoms with E-state index in [9.17, 15) is 0 Å². The first-order chi connectivity index (χ1) is 21.1. The molecule has 0 aliphatic heterocycles. The molecule has 1 aliphatic rings. The second kappa shape index (κ2) is 8.90. The van der Waals surface area contributed by atoms with Gasteiger partial charge in [0.25, 0.3) is 0 Å². The maximum absolute atomic E-state index is 2.48. The molecule has 8 aromatic carbocycles. The van der Waals surface area contributed by atoms with Crippen molar-refractivity contribution in [2.45, 2.75) is 19.3 Å². The van der Waals surface area contributed by atoms with Gasteiger partial charge in [-0.3, -0.25) is 0 Å². The topological polar surface area (TPSA) is 0 Å². The predicted octanol–water partition coefficient (Wildman–Crippen LogP) is 11.9. The van der Waals surface area contributed by atoms with Crippen molar-refractivity contribution in [2.75, 3.05) is 0 Å². The fourth-order valence-electron chi connectivity index (χ4n) is 7.85. The van der Waals surface area contributed by atoms with Gasteiger partial charge in [-0.25, -0.2) is 0 Å². The van der Waals surface area contributed by atoms with Crippen molar-refractivity contribution in [3.8, 4) is 33.4 Å². The Morgan fingerprint density at radius 1 is 0.372 bits per heavy atom. The molecule has 0 spiro atoms. The lowest BCUT2D eigenvalue weighted by molar-refractivity contribution is 0.666. The smallest absolute Gasteiger partial charge is 0.0165 e. The Balaban J connectivity index is 1.32. The highest BCUT2D eigenvalue weighted by Crippen LogP contribution is 2.53. The van der Waals surface area contributed by atoms with E-state index in [4.69, 9.17) is 0 Å². The molecule has 0 unspecified atom stereocenters. The molecule has 9 rings (SSSR count). The Bertz CT molecular complexity index is 2360. The minimum atomic E-state index is -0.0990. The molecule has 0 radical (unpaired) electrons. The lowest BCUT2D eigenvalue weighted by Crippen LogP contribution is -2.15. The highest BCUT2D eigenvalue weighted by molar-refractivity contribution is 6.22. The van der Waals surface area contributed by atoms with E-state index in [0.29, 0.717) is 0 Å². The fraction of sp³-hybridized carbons (Fsp3) is 0.0698. The summed E-state index contributed by atoms with van der Waals surface area (Å²) in [7, 11) is 0. The van der Waals surface area contributed by atoms with Gasteiger partial charge in [0.05, 0.1) is 0 Å². The van der Waals surface area contributed by atoms with Gasteiger partial charge in [0, 0.05) is 5.41 Å². The fourth-order valence-corrected chi connectivity index (χ4v) is 7.85. The van der Waals surface area contributed by atoms with E-state index in [0.717, 1.165) is 0 Å². The third-order valence-electron chi connectivity index (χ3n) is 9.80. The van der Waals surface area contributed by atoms with Gasteiger partial charge in [-0.15, -0.1) is 0 Å². The molecule has 202 valence electrons. The largest absolute Gasteiger partial charge is 0.0616 e. The zero-order chi connectivity index (χ0) is 28.7. The molecule has 0 N–H and O–H groups in total. The van der Waals surface area contributed by atoms with Crippen molar-refractivity contribution in [1.29, 1.82) is 0 Å². The van der Waals surface area contributed by atoms with E-state index in [1.54, 1.807) is 0 Å². The van der Waals surface area contributed by atoms with Crippen molar-refractivity contribution in [2.24, 2.45) is 0 Å². The standard InChI is InChI=1S/C43H30/c1-43(2)39-26-31(22-23-33(39)38-24-21-28-12-5-6-14-32(28)42(38)43)41-36-17-9-7-15-34(36)40(35-16-8-10-18-37(35)41)30-20-19-27-11-3-4-13-29(27)25-30/h3-26H,1-2H3. The summed E-state index contributed by atoms with van der Waals surface area (Å²) in [5, 5.41) is 10.4. The zero-order valence-corrected chi connectivity index (χ0v) is 24.4. The van der Waals surface area contributed by atoms with Gasteiger partial charge in [-0.05, 0) is 99.7 Å². The van der Waals surface area contributed by atoms with E-state index >= 15 is 0 Å². The summed E-state index contributed by atoms with van der Waals surface area (Å²) in [4.78, 5) is 0. The Morgan fingerprint density at radius 2 is 0.837 bits per heavy atom. The molecule has 1 aliphatic carbocycles. The number of hydrogen-bond acceptors (Lipinski definition) is 0. The summed E-state index contributed by atoms with van der Waals surface area (Å²) in [6, 6.07) is 54.1. The van der Waals surface area contributed by atoms with Gasteiger partial charge in [0.1, 0.15) is 0 Å². The van der Waals surface area contributed by atoms with Crippen molar-refractivity contribution >= 4 is 43.1 Å². The first-order valence-electron chi connectivity index (χ1n) is 15.2. The Hall–Kier alpha value is -5.20. The highest BCUT2D eigenvalue weighted by Gasteiger charge is 2.37. The number of rotatable bonds is 2.